The Hall–Kier alpha value is -1.71. The first kappa shape index (κ1) is 12.7. The van der Waals surface area contributed by atoms with Crippen LogP contribution in [0.5, 0.6) is 0 Å². The zero-order valence-corrected chi connectivity index (χ0v) is 9.93. The molecule has 0 aliphatic heterocycles. The van der Waals surface area contributed by atoms with Gasteiger partial charge in [-0.2, -0.15) is 0 Å². The van der Waals surface area contributed by atoms with E-state index in [1.807, 2.05) is 0 Å². The molecule has 1 aliphatic carbocycles. The molecule has 1 saturated carbocycles. The summed E-state index contributed by atoms with van der Waals surface area (Å²) in [7, 11) is 0. The molecule has 0 spiro atoms. The van der Waals surface area contributed by atoms with Crippen LogP contribution in [-0.2, 0) is 4.79 Å². The highest BCUT2D eigenvalue weighted by atomic mass is 19.1. The number of benzene rings is 1. The van der Waals surface area contributed by atoms with Crippen LogP contribution in [0.2, 0.25) is 0 Å². The molecule has 0 saturated heterocycles. The molecule has 2 atom stereocenters. The lowest BCUT2D eigenvalue weighted by atomic mass is 9.78. The average Bonchev–Trinajstić information content (AvgIpc) is 2.38. The van der Waals surface area contributed by atoms with Gasteiger partial charge < -0.3 is 5.11 Å². The van der Waals surface area contributed by atoms with Crippen molar-refractivity contribution in [2.75, 3.05) is 0 Å². The van der Waals surface area contributed by atoms with Crippen molar-refractivity contribution in [2.45, 2.75) is 25.7 Å². The lowest BCUT2D eigenvalue weighted by Gasteiger charge is -2.25. The van der Waals surface area contributed by atoms with Crippen molar-refractivity contribution in [3.8, 4) is 0 Å². The van der Waals surface area contributed by atoms with Gasteiger partial charge >= 0.3 is 5.97 Å². The van der Waals surface area contributed by atoms with Gasteiger partial charge in [0.15, 0.2) is 5.78 Å². The van der Waals surface area contributed by atoms with Crippen molar-refractivity contribution in [1.29, 1.82) is 0 Å². The van der Waals surface area contributed by atoms with E-state index in [0.29, 0.717) is 24.8 Å². The lowest BCUT2D eigenvalue weighted by molar-refractivity contribution is -0.143. The summed E-state index contributed by atoms with van der Waals surface area (Å²) in [6, 6.07) is 5.58. The smallest absolute Gasteiger partial charge is 0.306 e. The Balaban J connectivity index is 2.11. The normalized spacial score (nSPS) is 23.6. The highest BCUT2D eigenvalue weighted by Gasteiger charge is 2.31. The molecule has 96 valence electrons. The van der Waals surface area contributed by atoms with E-state index in [9.17, 15) is 14.0 Å². The molecule has 0 bridgehead atoms. The van der Waals surface area contributed by atoms with Gasteiger partial charge in [0, 0.05) is 11.5 Å². The van der Waals surface area contributed by atoms with Gasteiger partial charge in [0.2, 0.25) is 0 Å². The van der Waals surface area contributed by atoms with Gasteiger partial charge in [-0.05, 0) is 31.4 Å². The summed E-state index contributed by atoms with van der Waals surface area (Å²) in [5, 5.41) is 8.98. The van der Waals surface area contributed by atoms with Gasteiger partial charge in [-0.1, -0.05) is 18.6 Å². The molecule has 4 heteroatoms. The third-order valence-corrected chi connectivity index (χ3v) is 3.50. The Labute approximate surface area is 105 Å². The van der Waals surface area contributed by atoms with Gasteiger partial charge in [-0.15, -0.1) is 0 Å². The molecule has 3 nitrogen and oxygen atoms in total. The number of hydrogen-bond acceptors (Lipinski definition) is 2. The summed E-state index contributed by atoms with van der Waals surface area (Å²) >= 11 is 0. The second-order valence-corrected chi connectivity index (χ2v) is 4.77. The summed E-state index contributed by atoms with van der Waals surface area (Å²) in [5.41, 5.74) is 0.339. The van der Waals surface area contributed by atoms with E-state index in [1.165, 1.54) is 18.2 Å². The quantitative estimate of drug-likeness (QED) is 0.839. The fourth-order valence-electron chi connectivity index (χ4n) is 2.53. The van der Waals surface area contributed by atoms with Gasteiger partial charge in [-0.25, -0.2) is 4.39 Å². The summed E-state index contributed by atoms with van der Waals surface area (Å²) in [6.07, 6.45) is 2.43. The minimum Gasteiger partial charge on any atom is -0.481 e. The standard InChI is InChI=1S/C14H15FO3/c15-12-6-2-4-10(8-12)13(16)9-3-1-5-11(7-9)14(17)18/h2,4,6,8-9,11H,1,3,5,7H2,(H,17,18)/t9-,11+/m0/s1. The fraction of sp³-hybridized carbons (Fsp3) is 0.429. The van der Waals surface area contributed by atoms with Gasteiger partial charge in [0.1, 0.15) is 5.82 Å². The summed E-state index contributed by atoms with van der Waals surface area (Å²) in [6.45, 7) is 0. The number of hydrogen-bond donors (Lipinski definition) is 1. The highest BCUT2D eigenvalue weighted by molar-refractivity contribution is 5.98. The Morgan fingerprint density at radius 2 is 1.94 bits per heavy atom. The average molecular weight is 250 g/mol. The van der Waals surface area contributed by atoms with Crippen LogP contribution in [0, 0.1) is 17.7 Å². The molecular weight excluding hydrogens is 235 g/mol. The number of rotatable bonds is 3. The van der Waals surface area contributed by atoms with Crippen LogP contribution >= 0.6 is 0 Å². The molecule has 0 heterocycles. The van der Waals surface area contributed by atoms with Gasteiger partial charge in [-0.3, -0.25) is 9.59 Å². The number of carboxylic acids is 1. The van der Waals surface area contributed by atoms with Crippen molar-refractivity contribution in [2.24, 2.45) is 11.8 Å². The minimum absolute atomic E-state index is 0.138. The van der Waals surface area contributed by atoms with Crippen molar-refractivity contribution in [1.82, 2.24) is 0 Å². The van der Waals surface area contributed by atoms with E-state index in [-0.39, 0.29) is 11.7 Å². The fourth-order valence-corrected chi connectivity index (χ4v) is 2.53. The third kappa shape index (κ3) is 2.75. The van der Waals surface area contributed by atoms with Crippen LogP contribution in [0.4, 0.5) is 4.39 Å². The molecule has 0 amide bonds. The second-order valence-electron chi connectivity index (χ2n) is 4.77. The van der Waals surface area contributed by atoms with E-state index in [0.717, 1.165) is 6.42 Å². The Morgan fingerprint density at radius 1 is 1.22 bits per heavy atom. The SMILES string of the molecule is O=C(O)[C@@H]1CCC[C@H](C(=O)c2cccc(F)c2)C1. The number of carbonyl (C=O) groups excluding carboxylic acids is 1. The van der Waals surface area contributed by atoms with E-state index >= 15 is 0 Å². The Kier molecular flexibility index (Phi) is 3.75. The maximum atomic E-state index is 13.1. The monoisotopic (exact) mass is 250 g/mol. The molecule has 0 radical (unpaired) electrons. The first-order valence-electron chi connectivity index (χ1n) is 6.10. The van der Waals surface area contributed by atoms with Crippen molar-refractivity contribution < 1.29 is 19.1 Å². The molecule has 1 aromatic carbocycles. The van der Waals surface area contributed by atoms with E-state index in [4.69, 9.17) is 5.11 Å². The molecule has 1 N–H and O–H groups in total. The van der Waals surface area contributed by atoms with Crippen LogP contribution in [0.3, 0.4) is 0 Å². The van der Waals surface area contributed by atoms with Crippen LogP contribution in [0.15, 0.2) is 24.3 Å². The zero-order chi connectivity index (χ0) is 13.1. The van der Waals surface area contributed by atoms with Gasteiger partial charge in [0.25, 0.3) is 0 Å². The van der Waals surface area contributed by atoms with Crippen LogP contribution < -0.4 is 0 Å². The predicted molar refractivity (Wildman–Crippen MR) is 63.8 cm³/mol. The third-order valence-electron chi connectivity index (χ3n) is 3.50. The van der Waals surface area contributed by atoms with Crippen molar-refractivity contribution in [3.05, 3.63) is 35.6 Å². The summed E-state index contributed by atoms with van der Waals surface area (Å²) < 4.78 is 13.1. The van der Waals surface area contributed by atoms with Crippen LogP contribution in [0.1, 0.15) is 36.0 Å². The molecular formula is C14H15FO3. The molecule has 1 aliphatic rings. The number of halogens is 1. The van der Waals surface area contributed by atoms with E-state index in [1.54, 1.807) is 6.07 Å². The number of aliphatic carboxylic acids is 1. The maximum absolute atomic E-state index is 13.1. The molecule has 1 fully saturated rings. The molecule has 18 heavy (non-hydrogen) atoms. The Bertz CT molecular complexity index is 470. The number of carbonyl (C=O) groups is 2. The molecule has 0 unspecified atom stereocenters. The topological polar surface area (TPSA) is 54.4 Å². The summed E-state index contributed by atoms with van der Waals surface area (Å²) in [5.74, 6) is -2.15. The Morgan fingerprint density at radius 3 is 2.61 bits per heavy atom. The van der Waals surface area contributed by atoms with E-state index in [2.05, 4.69) is 0 Å². The number of Topliss-reactive ketones (excluding diaryl/α,β-unsaturated/α-hetero) is 1. The first-order valence-corrected chi connectivity index (χ1v) is 6.10. The maximum Gasteiger partial charge on any atom is 0.306 e. The first-order chi connectivity index (χ1) is 8.58. The lowest BCUT2D eigenvalue weighted by Crippen LogP contribution is -2.27. The second kappa shape index (κ2) is 5.29. The summed E-state index contributed by atoms with van der Waals surface area (Å²) in [4.78, 5) is 23.1. The molecule has 1 aromatic rings. The van der Waals surface area contributed by atoms with E-state index < -0.39 is 17.7 Å². The van der Waals surface area contributed by atoms with Crippen LogP contribution in [-0.4, -0.2) is 16.9 Å². The van der Waals surface area contributed by atoms with Gasteiger partial charge in [0.05, 0.1) is 5.92 Å². The predicted octanol–water partition coefficient (Wildman–Crippen LogP) is 2.90. The number of ketones is 1. The zero-order valence-electron chi connectivity index (χ0n) is 9.93. The van der Waals surface area contributed by atoms with Crippen LogP contribution in [0.25, 0.3) is 0 Å². The van der Waals surface area contributed by atoms with Crippen molar-refractivity contribution >= 4 is 11.8 Å². The largest absolute Gasteiger partial charge is 0.481 e. The van der Waals surface area contributed by atoms with Crippen molar-refractivity contribution in [3.63, 3.8) is 0 Å². The molecule has 2 rings (SSSR count). The minimum atomic E-state index is -0.841. The number of carboxylic acid groups (broad SMARTS) is 1. The highest BCUT2D eigenvalue weighted by Crippen LogP contribution is 2.31. The molecule has 0 aromatic heterocycles.